The predicted octanol–water partition coefficient (Wildman–Crippen LogP) is 5.33. The topological polar surface area (TPSA) is 59.1 Å². The Kier molecular flexibility index (Phi) is 5.18. The summed E-state index contributed by atoms with van der Waals surface area (Å²) < 4.78 is 11.7. The summed E-state index contributed by atoms with van der Waals surface area (Å²) in [7, 11) is 0. The van der Waals surface area contributed by atoms with Gasteiger partial charge in [-0.3, -0.25) is 0 Å². The number of nitrogens with zero attached hydrogens (tertiary/aromatic N) is 2. The van der Waals surface area contributed by atoms with Crippen molar-refractivity contribution in [2.24, 2.45) is 0 Å². The third kappa shape index (κ3) is 4.98. The number of ether oxygens (including phenoxy) is 2. The van der Waals surface area contributed by atoms with Crippen LogP contribution >= 0.6 is 15.9 Å². The molecule has 136 valence electrons. The minimum atomic E-state index is -0.704. The molecule has 2 amide bonds. The Hall–Kier alpha value is -2.02. The molecular weight excluding hydrogens is 388 g/mol. The van der Waals surface area contributed by atoms with Crippen molar-refractivity contribution in [3.05, 3.63) is 34.4 Å². The molecule has 1 aliphatic heterocycles. The summed E-state index contributed by atoms with van der Waals surface area (Å²) in [5.74, 6) is 0. The number of carbonyl (C=O) groups is 2. The summed E-state index contributed by atoms with van der Waals surface area (Å²) in [5, 5.41) is 2.30. The highest BCUT2D eigenvalue weighted by Gasteiger charge is 2.36. The van der Waals surface area contributed by atoms with Gasteiger partial charge in [-0.1, -0.05) is 22.0 Å². The molecule has 0 aromatic heterocycles. The lowest BCUT2D eigenvalue weighted by atomic mass is 10.1. The van der Waals surface area contributed by atoms with Gasteiger partial charge < -0.3 is 9.47 Å². The molecule has 7 heteroatoms. The fraction of sp³-hybridized carbons (Fsp3) is 0.444. The zero-order chi connectivity index (χ0) is 19.0. The van der Waals surface area contributed by atoms with E-state index in [9.17, 15) is 9.59 Å². The van der Waals surface area contributed by atoms with Gasteiger partial charge in [0.25, 0.3) is 0 Å². The molecule has 1 aromatic carbocycles. The Bertz CT molecular complexity index is 717. The van der Waals surface area contributed by atoms with E-state index in [2.05, 4.69) is 15.9 Å². The van der Waals surface area contributed by atoms with Crippen LogP contribution in [0.3, 0.4) is 0 Å². The van der Waals surface area contributed by atoms with Crippen molar-refractivity contribution >= 4 is 39.9 Å². The number of hydrogen-bond acceptors (Lipinski definition) is 4. The molecule has 0 fully saturated rings. The van der Waals surface area contributed by atoms with Crippen LogP contribution in [0.1, 0.15) is 47.1 Å². The SMILES string of the molecule is CC(C)(C)OC(=O)N1C=Cc2ccc(Br)cc2N1C(=O)OC(C)(C)C. The number of halogens is 1. The van der Waals surface area contributed by atoms with Crippen LogP contribution < -0.4 is 5.01 Å². The second kappa shape index (κ2) is 6.71. The molecule has 0 bridgehead atoms. The van der Waals surface area contributed by atoms with E-state index in [1.165, 1.54) is 11.2 Å². The van der Waals surface area contributed by atoms with Gasteiger partial charge in [-0.05, 0) is 59.8 Å². The van der Waals surface area contributed by atoms with Gasteiger partial charge in [-0.2, -0.15) is 10.0 Å². The molecule has 1 heterocycles. The second-order valence-corrected chi connectivity index (χ2v) is 8.55. The highest BCUT2D eigenvalue weighted by molar-refractivity contribution is 9.10. The molecule has 1 aromatic rings. The van der Waals surface area contributed by atoms with E-state index < -0.39 is 23.4 Å². The van der Waals surface area contributed by atoms with Crippen LogP contribution in [0.15, 0.2) is 28.9 Å². The van der Waals surface area contributed by atoms with Gasteiger partial charge in [0.1, 0.15) is 11.2 Å². The molecule has 0 spiro atoms. The highest BCUT2D eigenvalue weighted by Crippen LogP contribution is 2.33. The molecule has 0 N–H and O–H groups in total. The summed E-state index contributed by atoms with van der Waals surface area (Å²) in [6.45, 7) is 10.6. The molecule has 2 rings (SSSR count). The number of rotatable bonds is 0. The number of amides is 2. The fourth-order valence-electron chi connectivity index (χ4n) is 2.12. The first-order valence-electron chi connectivity index (χ1n) is 7.90. The fourth-order valence-corrected chi connectivity index (χ4v) is 2.47. The lowest BCUT2D eigenvalue weighted by Crippen LogP contribution is -2.51. The van der Waals surface area contributed by atoms with Crippen molar-refractivity contribution in [1.82, 2.24) is 5.01 Å². The molecule has 0 unspecified atom stereocenters. The molecule has 0 saturated heterocycles. The number of hydrazine groups is 1. The average Bonchev–Trinajstić information content (AvgIpc) is 2.41. The summed E-state index contributed by atoms with van der Waals surface area (Å²) in [6.07, 6.45) is 1.91. The molecule has 25 heavy (non-hydrogen) atoms. The summed E-state index contributed by atoms with van der Waals surface area (Å²) in [5.41, 5.74) is -0.0858. The summed E-state index contributed by atoms with van der Waals surface area (Å²) >= 11 is 3.40. The average molecular weight is 411 g/mol. The number of benzene rings is 1. The Morgan fingerprint density at radius 2 is 1.52 bits per heavy atom. The van der Waals surface area contributed by atoms with Gasteiger partial charge in [0.2, 0.25) is 0 Å². The number of anilines is 1. The number of carbonyl (C=O) groups excluding carboxylic acids is 2. The van der Waals surface area contributed by atoms with Crippen LogP contribution in [-0.4, -0.2) is 28.4 Å². The molecule has 6 nitrogen and oxygen atoms in total. The number of fused-ring (bicyclic) bond motifs is 1. The van der Waals surface area contributed by atoms with E-state index in [1.54, 1.807) is 53.7 Å². The van der Waals surface area contributed by atoms with Gasteiger partial charge in [0.05, 0.1) is 5.69 Å². The van der Waals surface area contributed by atoms with Crippen molar-refractivity contribution in [3.8, 4) is 0 Å². The molecule has 0 saturated carbocycles. The first-order valence-corrected chi connectivity index (χ1v) is 8.70. The van der Waals surface area contributed by atoms with Gasteiger partial charge >= 0.3 is 12.2 Å². The zero-order valence-corrected chi connectivity index (χ0v) is 16.9. The largest absolute Gasteiger partial charge is 0.442 e. The maximum Gasteiger partial charge on any atom is 0.434 e. The van der Waals surface area contributed by atoms with Gasteiger partial charge in [-0.15, -0.1) is 0 Å². The minimum Gasteiger partial charge on any atom is -0.442 e. The minimum absolute atomic E-state index is 0.525. The van der Waals surface area contributed by atoms with Crippen LogP contribution in [-0.2, 0) is 9.47 Å². The number of hydrogen-bond donors (Lipinski definition) is 0. The monoisotopic (exact) mass is 410 g/mol. The van der Waals surface area contributed by atoms with E-state index in [1.807, 2.05) is 12.1 Å². The standard InChI is InChI=1S/C18H23BrN2O4/c1-17(2,3)24-15(22)20-10-9-12-7-8-13(19)11-14(12)21(20)16(23)25-18(4,5)6/h7-11H,1-6H3. The quantitative estimate of drug-likeness (QED) is 0.579. The lowest BCUT2D eigenvalue weighted by molar-refractivity contribution is 0.0220. The van der Waals surface area contributed by atoms with E-state index in [4.69, 9.17) is 9.47 Å². The van der Waals surface area contributed by atoms with Gasteiger partial charge in [0, 0.05) is 16.2 Å². The Morgan fingerprint density at radius 3 is 2.08 bits per heavy atom. The van der Waals surface area contributed by atoms with Crippen LogP contribution in [0.2, 0.25) is 0 Å². The Balaban J connectivity index is 2.45. The first-order chi connectivity index (χ1) is 11.4. The van der Waals surface area contributed by atoms with Gasteiger partial charge in [-0.25, -0.2) is 9.59 Å². The van der Waals surface area contributed by atoms with Crippen molar-refractivity contribution in [3.63, 3.8) is 0 Å². The highest BCUT2D eigenvalue weighted by atomic mass is 79.9. The van der Waals surface area contributed by atoms with Crippen molar-refractivity contribution in [2.45, 2.75) is 52.7 Å². The third-order valence-electron chi connectivity index (χ3n) is 2.98. The molecule has 0 aliphatic carbocycles. The summed E-state index contributed by atoms with van der Waals surface area (Å²) in [6, 6.07) is 5.46. The lowest BCUT2D eigenvalue weighted by Gasteiger charge is -2.37. The molecule has 0 atom stereocenters. The second-order valence-electron chi connectivity index (χ2n) is 7.64. The normalized spacial score (nSPS) is 14.2. The smallest absolute Gasteiger partial charge is 0.434 e. The van der Waals surface area contributed by atoms with E-state index >= 15 is 0 Å². The van der Waals surface area contributed by atoms with E-state index in [-0.39, 0.29) is 0 Å². The Labute approximate surface area is 156 Å². The third-order valence-corrected chi connectivity index (χ3v) is 3.47. The molecule has 1 aliphatic rings. The van der Waals surface area contributed by atoms with Crippen molar-refractivity contribution in [2.75, 3.05) is 5.01 Å². The van der Waals surface area contributed by atoms with Crippen LogP contribution in [0.25, 0.3) is 6.08 Å². The molecular formula is C18H23BrN2O4. The maximum absolute atomic E-state index is 12.8. The van der Waals surface area contributed by atoms with Gasteiger partial charge in [0.15, 0.2) is 0 Å². The van der Waals surface area contributed by atoms with Crippen LogP contribution in [0.5, 0.6) is 0 Å². The van der Waals surface area contributed by atoms with E-state index in [0.717, 1.165) is 15.0 Å². The predicted molar refractivity (Wildman–Crippen MR) is 100.0 cm³/mol. The van der Waals surface area contributed by atoms with Crippen LogP contribution in [0.4, 0.5) is 15.3 Å². The molecule has 0 radical (unpaired) electrons. The maximum atomic E-state index is 12.8. The Morgan fingerprint density at radius 1 is 0.960 bits per heavy atom. The summed E-state index contributed by atoms with van der Waals surface area (Å²) in [4.78, 5) is 25.4. The van der Waals surface area contributed by atoms with Crippen molar-refractivity contribution in [1.29, 1.82) is 0 Å². The van der Waals surface area contributed by atoms with Crippen LogP contribution in [0, 0.1) is 0 Å². The zero-order valence-electron chi connectivity index (χ0n) is 15.3. The first kappa shape index (κ1) is 19.3. The van der Waals surface area contributed by atoms with Crippen molar-refractivity contribution < 1.29 is 19.1 Å². The van der Waals surface area contributed by atoms with E-state index in [0.29, 0.717) is 5.69 Å².